The van der Waals surface area contributed by atoms with Gasteiger partial charge in [-0.2, -0.15) is 0 Å². The van der Waals surface area contributed by atoms with Crippen LogP contribution in [0.2, 0.25) is 0 Å². The molecule has 1 unspecified atom stereocenters. The molecule has 0 saturated heterocycles. The summed E-state index contributed by atoms with van der Waals surface area (Å²) < 4.78 is 323. The van der Waals surface area contributed by atoms with E-state index in [0.29, 0.717) is 0 Å². The summed E-state index contributed by atoms with van der Waals surface area (Å²) in [7, 11) is -11.3. The first-order valence-corrected chi connectivity index (χ1v) is 10.2. The zero-order chi connectivity index (χ0) is 32.0. The molecular weight excluding hydrogens is 655 g/mol. The molecule has 0 aliphatic carbocycles. The molecule has 39 heavy (non-hydrogen) atoms. The zero-order valence-electron chi connectivity index (χ0n) is 16.6. The standard InChI is InChI=1S/C14HF24P/c15-1-2(16)4(18)6(5(19)3(1)17)39(38,14(36,37)12(31,32)33)13(34,35)7(20,10(25,26)27)8(21,22)9(23,24)11(28,29)30/h39H. The maximum absolute atomic E-state index is 15.2. The second-order valence-corrected chi connectivity index (χ2v) is 10.1. The van der Waals surface area contributed by atoms with Crippen LogP contribution in [0.15, 0.2) is 0 Å². The topological polar surface area (TPSA) is 0 Å². The zero-order valence-corrected chi connectivity index (χ0v) is 17.6. The van der Waals surface area contributed by atoms with Gasteiger partial charge in [-0.15, -0.1) is 0 Å². The molecule has 0 bridgehead atoms. The van der Waals surface area contributed by atoms with Gasteiger partial charge in [-0.05, 0) is 0 Å². The van der Waals surface area contributed by atoms with E-state index >= 15 is 4.20 Å². The molecule has 25 heteroatoms. The van der Waals surface area contributed by atoms with E-state index < -0.39 is 89.3 Å². The molecule has 0 amide bonds. The molecule has 0 fully saturated rings. The number of halogens is 24. The molecule has 0 radical (unpaired) electrons. The predicted molar refractivity (Wildman–Crippen MR) is 77.1 cm³/mol. The maximum atomic E-state index is 15.2. The Morgan fingerprint density at radius 3 is 0.923 bits per heavy atom. The van der Waals surface area contributed by atoms with Gasteiger partial charge in [-0.3, -0.25) is 0 Å². The van der Waals surface area contributed by atoms with Crippen molar-refractivity contribution in [2.45, 2.75) is 47.4 Å². The molecule has 1 atom stereocenters. The molecule has 0 aliphatic rings. The van der Waals surface area contributed by atoms with E-state index in [-0.39, 0.29) is 0 Å². The van der Waals surface area contributed by atoms with Crippen LogP contribution in [0.25, 0.3) is 0 Å². The van der Waals surface area contributed by atoms with Gasteiger partial charge in [0.1, 0.15) is 0 Å². The summed E-state index contributed by atoms with van der Waals surface area (Å²) in [5, 5.41) is -5.08. The van der Waals surface area contributed by atoms with Crippen LogP contribution in [-0.4, -0.2) is 47.4 Å². The summed E-state index contributed by atoms with van der Waals surface area (Å²) in [6.45, 7) is 0. The van der Waals surface area contributed by atoms with Crippen LogP contribution in [0, 0.1) is 29.1 Å². The van der Waals surface area contributed by atoms with Crippen molar-refractivity contribution in [2.24, 2.45) is 0 Å². The van der Waals surface area contributed by atoms with E-state index in [1.807, 2.05) is 0 Å². The average molecular weight is 656 g/mol. The van der Waals surface area contributed by atoms with Crippen LogP contribution >= 0.6 is 7.57 Å². The van der Waals surface area contributed by atoms with Crippen LogP contribution < -0.4 is 5.30 Å². The fraction of sp³-hybridized carbons (Fsp3) is 0.571. The van der Waals surface area contributed by atoms with Gasteiger partial charge in [0, 0.05) is 0 Å². The minimum absolute atomic E-state index is 3.78. The number of benzene rings is 1. The van der Waals surface area contributed by atoms with Crippen molar-refractivity contribution in [1.29, 1.82) is 0 Å². The van der Waals surface area contributed by atoms with Gasteiger partial charge >= 0.3 is 195 Å². The molecule has 1 aromatic carbocycles. The van der Waals surface area contributed by atoms with E-state index in [0.717, 1.165) is 0 Å². The fourth-order valence-electron chi connectivity index (χ4n) is 2.80. The van der Waals surface area contributed by atoms with E-state index in [4.69, 9.17) is 0 Å². The van der Waals surface area contributed by atoms with Gasteiger partial charge < -0.3 is 0 Å². The van der Waals surface area contributed by atoms with Crippen molar-refractivity contribution in [3.8, 4) is 0 Å². The summed E-state index contributed by atoms with van der Waals surface area (Å²) in [4.78, 5) is 0. The average Bonchev–Trinajstić information content (AvgIpc) is 2.72. The normalized spacial score (nSPS) is 17.3. The van der Waals surface area contributed by atoms with Gasteiger partial charge in [0.2, 0.25) is 0 Å². The molecule has 0 heterocycles. The Hall–Kier alpha value is -2.03. The number of rotatable bonds is 6. The van der Waals surface area contributed by atoms with Crippen LogP contribution in [0.4, 0.5) is 105 Å². The Labute approximate surface area is 196 Å². The van der Waals surface area contributed by atoms with E-state index in [1.165, 1.54) is 0 Å². The Bertz CT molecular complexity index is 1080. The van der Waals surface area contributed by atoms with Crippen LogP contribution in [0.5, 0.6) is 0 Å². The molecule has 0 aromatic heterocycles. The quantitative estimate of drug-likeness (QED) is 0.125. The summed E-state index contributed by atoms with van der Waals surface area (Å²) in [5.74, 6) is -39.6. The molecule has 0 spiro atoms. The van der Waals surface area contributed by atoms with Crippen molar-refractivity contribution >= 4 is 12.9 Å². The Kier molecular flexibility index (Phi) is 8.06. The first-order chi connectivity index (χ1) is 16.7. The second-order valence-electron chi connectivity index (χ2n) is 7.05. The third-order valence-electron chi connectivity index (χ3n) is 4.78. The molecule has 1 rings (SSSR count). The molecule has 1 aromatic rings. The van der Waals surface area contributed by atoms with Gasteiger partial charge in [-0.1, -0.05) is 0 Å². The third kappa shape index (κ3) is 4.15. The third-order valence-corrected chi connectivity index (χ3v) is 8.27. The first-order valence-electron chi connectivity index (χ1n) is 8.29. The number of hydrogen-bond donors (Lipinski definition) is 0. The van der Waals surface area contributed by atoms with Crippen LogP contribution in [0.1, 0.15) is 0 Å². The van der Waals surface area contributed by atoms with E-state index in [1.54, 1.807) is 0 Å². The number of alkyl halides is 18. The Morgan fingerprint density at radius 1 is 0.359 bits per heavy atom. The fourth-order valence-corrected chi connectivity index (χ4v) is 5.81. The van der Waals surface area contributed by atoms with Gasteiger partial charge in [-0.25, -0.2) is 0 Å². The van der Waals surface area contributed by atoms with Gasteiger partial charge in [0.25, 0.3) is 0 Å². The SMILES string of the molecule is Fc1c(F)c(F)c([PH](F)(C(F)(F)C(F)(F)F)C(F)(F)C(F)(C(F)(F)F)C(F)(F)C(F)(F)C(F)(F)F)c(F)c1F. The second kappa shape index (κ2) is 8.98. The molecule has 0 saturated carbocycles. The van der Waals surface area contributed by atoms with Gasteiger partial charge in [0.05, 0.1) is 0 Å². The van der Waals surface area contributed by atoms with Crippen molar-refractivity contribution < 1.29 is 105 Å². The summed E-state index contributed by atoms with van der Waals surface area (Å²) in [6.07, 6.45) is -25.7. The van der Waals surface area contributed by atoms with E-state index in [9.17, 15) is 101 Å². The Morgan fingerprint density at radius 2 is 0.667 bits per heavy atom. The van der Waals surface area contributed by atoms with Crippen molar-refractivity contribution in [3.05, 3.63) is 29.1 Å². The predicted octanol–water partition coefficient (Wildman–Crippen LogP) is 8.49. The monoisotopic (exact) mass is 656 g/mol. The minimum atomic E-state index is -11.3. The van der Waals surface area contributed by atoms with Crippen LogP contribution in [-0.2, 0) is 0 Å². The molecule has 0 aliphatic heterocycles. The molecular formula is C14HF24P. The van der Waals surface area contributed by atoms with Crippen molar-refractivity contribution in [2.75, 3.05) is 0 Å². The van der Waals surface area contributed by atoms with Gasteiger partial charge in [0.15, 0.2) is 0 Å². The summed E-state index contributed by atoms with van der Waals surface area (Å²) in [6, 6.07) is 0. The van der Waals surface area contributed by atoms with Crippen molar-refractivity contribution in [3.63, 3.8) is 0 Å². The molecule has 0 nitrogen and oxygen atoms in total. The van der Waals surface area contributed by atoms with E-state index in [2.05, 4.69) is 0 Å². The first kappa shape index (κ1) is 35.0. The van der Waals surface area contributed by atoms with Crippen LogP contribution in [0.3, 0.4) is 0 Å². The Balaban J connectivity index is 4.69. The number of hydrogen-bond acceptors (Lipinski definition) is 0. The summed E-state index contributed by atoms with van der Waals surface area (Å²) >= 11 is 0. The molecule has 0 N–H and O–H groups in total. The summed E-state index contributed by atoms with van der Waals surface area (Å²) in [5.41, 5.74) is -28.0. The molecule has 230 valence electrons. The van der Waals surface area contributed by atoms with Crippen molar-refractivity contribution in [1.82, 2.24) is 0 Å².